The molecule has 0 amide bonds. The highest BCUT2D eigenvalue weighted by Gasteiger charge is 2.41. The molecule has 2 rings (SSSR count). The summed E-state index contributed by atoms with van der Waals surface area (Å²) in [6, 6.07) is 0. The van der Waals surface area contributed by atoms with Crippen LogP contribution in [0.15, 0.2) is 12.2 Å². The number of hydrogen-bond donors (Lipinski definition) is 0. The standard InChI is InChI=1S/C9H14O/c1-8-4-3-5-9(2,10-8)7-6-8/h6-7H,3-5H2,1-2H3/t8-,9?/m0/s1. The van der Waals surface area contributed by atoms with E-state index >= 15 is 0 Å². The smallest absolute Gasteiger partial charge is 0.0847 e. The third kappa shape index (κ3) is 0.807. The highest BCUT2D eigenvalue weighted by molar-refractivity contribution is 5.18. The normalized spacial score (nSPS) is 51.8. The van der Waals surface area contributed by atoms with Crippen LogP contribution in [0, 0.1) is 0 Å². The first-order valence-electron chi connectivity index (χ1n) is 4.03. The lowest BCUT2D eigenvalue weighted by molar-refractivity contribution is -0.104. The average molecular weight is 138 g/mol. The molecule has 2 heterocycles. The Hall–Kier alpha value is -0.300. The van der Waals surface area contributed by atoms with Gasteiger partial charge in [0, 0.05) is 0 Å². The fraction of sp³-hybridized carbons (Fsp3) is 0.778. The van der Waals surface area contributed by atoms with E-state index in [4.69, 9.17) is 4.74 Å². The van der Waals surface area contributed by atoms with Gasteiger partial charge in [0.1, 0.15) is 0 Å². The highest BCUT2D eigenvalue weighted by Crippen LogP contribution is 2.42. The SMILES string of the molecule is CC12C=C[C@](C)(CCC1)O2. The van der Waals surface area contributed by atoms with Gasteiger partial charge in [-0.15, -0.1) is 0 Å². The van der Waals surface area contributed by atoms with Crippen molar-refractivity contribution >= 4 is 0 Å². The molecule has 0 saturated carbocycles. The molecule has 2 aliphatic heterocycles. The summed E-state index contributed by atoms with van der Waals surface area (Å²) in [6.45, 7) is 4.35. The van der Waals surface area contributed by atoms with Crippen molar-refractivity contribution in [1.82, 2.24) is 0 Å². The molecule has 0 aromatic rings. The van der Waals surface area contributed by atoms with Gasteiger partial charge in [-0.2, -0.15) is 0 Å². The van der Waals surface area contributed by atoms with Crippen molar-refractivity contribution in [2.24, 2.45) is 0 Å². The fourth-order valence-corrected chi connectivity index (χ4v) is 2.01. The second kappa shape index (κ2) is 1.65. The van der Waals surface area contributed by atoms with Crippen LogP contribution >= 0.6 is 0 Å². The van der Waals surface area contributed by atoms with Crippen molar-refractivity contribution in [1.29, 1.82) is 0 Å². The van der Waals surface area contributed by atoms with Gasteiger partial charge < -0.3 is 4.74 Å². The summed E-state index contributed by atoms with van der Waals surface area (Å²) >= 11 is 0. The molecule has 2 aliphatic rings. The quantitative estimate of drug-likeness (QED) is 0.466. The summed E-state index contributed by atoms with van der Waals surface area (Å²) in [7, 11) is 0. The minimum Gasteiger partial charge on any atom is -0.361 e. The van der Waals surface area contributed by atoms with Gasteiger partial charge in [-0.05, 0) is 33.1 Å². The summed E-state index contributed by atoms with van der Waals surface area (Å²) in [5.74, 6) is 0. The summed E-state index contributed by atoms with van der Waals surface area (Å²) < 4.78 is 5.86. The predicted molar refractivity (Wildman–Crippen MR) is 40.9 cm³/mol. The van der Waals surface area contributed by atoms with Gasteiger partial charge in [0.2, 0.25) is 0 Å². The Morgan fingerprint density at radius 2 is 1.60 bits per heavy atom. The van der Waals surface area contributed by atoms with E-state index in [1.807, 2.05) is 0 Å². The first-order chi connectivity index (χ1) is 4.62. The summed E-state index contributed by atoms with van der Waals surface area (Å²) in [6.07, 6.45) is 8.14. The zero-order valence-corrected chi connectivity index (χ0v) is 6.68. The highest BCUT2D eigenvalue weighted by atomic mass is 16.5. The molecular formula is C9H14O. The molecule has 1 fully saturated rings. The van der Waals surface area contributed by atoms with Crippen LogP contribution in [0.1, 0.15) is 33.1 Å². The Labute approximate surface area is 62.1 Å². The third-order valence-electron chi connectivity index (χ3n) is 2.60. The molecule has 0 aliphatic carbocycles. The molecule has 0 aromatic carbocycles. The molecule has 1 unspecified atom stereocenters. The van der Waals surface area contributed by atoms with Crippen LogP contribution in [0.3, 0.4) is 0 Å². The monoisotopic (exact) mass is 138 g/mol. The maximum absolute atomic E-state index is 5.86. The minimum atomic E-state index is 0.0764. The maximum Gasteiger partial charge on any atom is 0.0847 e. The van der Waals surface area contributed by atoms with Crippen LogP contribution in [0.2, 0.25) is 0 Å². The van der Waals surface area contributed by atoms with E-state index < -0.39 is 0 Å². The van der Waals surface area contributed by atoms with Crippen LogP contribution in [-0.4, -0.2) is 11.2 Å². The Kier molecular flexibility index (Phi) is 1.06. The molecular weight excluding hydrogens is 124 g/mol. The van der Waals surface area contributed by atoms with Crippen molar-refractivity contribution in [3.05, 3.63) is 12.2 Å². The zero-order chi connectivity index (χ0) is 7.24. The Bertz CT molecular complexity index is 167. The molecule has 1 saturated heterocycles. The molecule has 0 aromatic heterocycles. The lowest BCUT2D eigenvalue weighted by atomic mass is 9.94. The first-order valence-corrected chi connectivity index (χ1v) is 4.03. The molecule has 0 spiro atoms. The molecule has 56 valence electrons. The van der Waals surface area contributed by atoms with E-state index in [9.17, 15) is 0 Å². The van der Waals surface area contributed by atoms with Gasteiger partial charge in [-0.1, -0.05) is 12.2 Å². The van der Waals surface area contributed by atoms with Gasteiger partial charge in [0.05, 0.1) is 11.2 Å². The summed E-state index contributed by atoms with van der Waals surface area (Å²) in [4.78, 5) is 0. The van der Waals surface area contributed by atoms with Gasteiger partial charge >= 0.3 is 0 Å². The molecule has 0 radical (unpaired) electrons. The van der Waals surface area contributed by atoms with E-state index in [1.54, 1.807) is 0 Å². The second-order valence-electron chi connectivity index (χ2n) is 3.91. The fourth-order valence-electron chi connectivity index (χ4n) is 2.01. The lowest BCUT2D eigenvalue weighted by Gasteiger charge is -2.36. The van der Waals surface area contributed by atoms with Gasteiger partial charge in [-0.25, -0.2) is 0 Å². The third-order valence-corrected chi connectivity index (χ3v) is 2.60. The number of ether oxygens (including phenoxy) is 1. The number of hydrogen-bond acceptors (Lipinski definition) is 1. The van der Waals surface area contributed by atoms with Gasteiger partial charge in [0.25, 0.3) is 0 Å². The van der Waals surface area contributed by atoms with Crippen LogP contribution in [0.4, 0.5) is 0 Å². The Balaban J connectivity index is 2.29. The molecule has 0 N–H and O–H groups in total. The van der Waals surface area contributed by atoms with E-state index in [0.717, 1.165) is 0 Å². The van der Waals surface area contributed by atoms with Crippen molar-refractivity contribution in [2.45, 2.75) is 44.3 Å². The average Bonchev–Trinajstić information content (AvgIpc) is 2.03. The topological polar surface area (TPSA) is 9.23 Å². The minimum absolute atomic E-state index is 0.0764. The van der Waals surface area contributed by atoms with Gasteiger partial charge in [-0.3, -0.25) is 0 Å². The Morgan fingerprint density at radius 3 is 2.00 bits per heavy atom. The van der Waals surface area contributed by atoms with Crippen LogP contribution in [-0.2, 0) is 4.74 Å². The molecule has 2 bridgehead atoms. The van der Waals surface area contributed by atoms with Gasteiger partial charge in [0.15, 0.2) is 0 Å². The lowest BCUT2D eigenvalue weighted by Crippen LogP contribution is -2.37. The predicted octanol–water partition coefficient (Wildman–Crippen LogP) is 2.27. The maximum atomic E-state index is 5.86. The zero-order valence-electron chi connectivity index (χ0n) is 6.68. The van der Waals surface area contributed by atoms with E-state index in [0.29, 0.717) is 0 Å². The summed E-state index contributed by atoms with van der Waals surface area (Å²) in [5, 5.41) is 0. The van der Waals surface area contributed by atoms with Crippen LogP contribution in [0.25, 0.3) is 0 Å². The molecule has 10 heavy (non-hydrogen) atoms. The molecule has 1 heteroatoms. The molecule has 1 nitrogen and oxygen atoms in total. The van der Waals surface area contributed by atoms with Crippen molar-refractivity contribution in [2.75, 3.05) is 0 Å². The Morgan fingerprint density at radius 1 is 1.10 bits per heavy atom. The van der Waals surface area contributed by atoms with E-state index in [-0.39, 0.29) is 11.2 Å². The second-order valence-corrected chi connectivity index (χ2v) is 3.91. The van der Waals surface area contributed by atoms with E-state index in [2.05, 4.69) is 26.0 Å². The van der Waals surface area contributed by atoms with Crippen molar-refractivity contribution in [3.63, 3.8) is 0 Å². The van der Waals surface area contributed by atoms with Crippen LogP contribution in [0.5, 0.6) is 0 Å². The van der Waals surface area contributed by atoms with E-state index in [1.165, 1.54) is 19.3 Å². The molecule has 2 atom stereocenters. The van der Waals surface area contributed by atoms with Crippen LogP contribution < -0.4 is 0 Å². The van der Waals surface area contributed by atoms with Crippen molar-refractivity contribution in [3.8, 4) is 0 Å². The largest absolute Gasteiger partial charge is 0.361 e. The number of rotatable bonds is 0. The number of fused-ring (bicyclic) bond motifs is 2. The first kappa shape index (κ1) is 6.41. The summed E-state index contributed by atoms with van der Waals surface area (Å²) in [5.41, 5.74) is 0.153. The van der Waals surface area contributed by atoms with Crippen molar-refractivity contribution < 1.29 is 4.74 Å².